The van der Waals surface area contributed by atoms with Crippen LogP contribution in [0.2, 0.25) is 0 Å². The van der Waals surface area contributed by atoms with Crippen molar-refractivity contribution in [3.63, 3.8) is 0 Å². The minimum Gasteiger partial charge on any atom is -0.398 e. The highest BCUT2D eigenvalue weighted by Crippen LogP contribution is 2.24. The molecular weight excluding hydrogens is 246 g/mol. The van der Waals surface area contributed by atoms with E-state index in [1.54, 1.807) is 0 Å². The Bertz CT molecular complexity index is 641. The first-order valence-electron chi connectivity index (χ1n) is 6.69. The van der Waals surface area contributed by atoms with E-state index in [4.69, 9.17) is 11.0 Å². The number of aryl methyl sites for hydroxylation is 1. The fourth-order valence-corrected chi connectivity index (χ4v) is 2.33. The van der Waals surface area contributed by atoms with Crippen LogP contribution in [0, 0.1) is 18.3 Å². The molecule has 1 atom stereocenters. The van der Waals surface area contributed by atoms with Gasteiger partial charge in [0, 0.05) is 17.4 Å². The predicted octanol–water partition coefficient (Wildman–Crippen LogP) is 3.82. The van der Waals surface area contributed by atoms with Gasteiger partial charge in [-0.1, -0.05) is 24.3 Å². The summed E-state index contributed by atoms with van der Waals surface area (Å²) in [6.45, 7) is 4.24. The lowest BCUT2D eigenvalue weighted by atomic mass is 10.0. The summed E-state index contributed by atoms with van der Waals surface area (Å²) in [4.78, 5) is 0. The molecule has 0 radical (unpaired) electrons. The van der Waals surface area contributed by atoms with Crippen molar-refractivity contribution in [2.24, 2.45) is 0 Å². The lowest BCUT2D eigenvalue weighted by Gasteiger charge is -2.18. The molecule has 0 saturated carbocycles. The zero-order valence-electron chi connectivity index (χ0n) is 11.9. The molecule has 3 nitrogen and oxygen atoms in total. The van der Waals surface area contributed by atoms with Gasteiger partial charge < -0.3 is 11.1 Å². The first-order chi connectivity index (χ1) is 9.61. The zero-order chi connectivity index (χ0) is 14.5. The Morgan fingerprint density at radius 2 is 2.00 bits per heavy atom. The van der Waals surface area contributed by atoms with Crippen molar-refractivity contribution in [3.05, 3.63) is 59.2 Å². The van der Waals surface area contributed by atoms with Gasteiger partial charge in [0.05, 0.1) is 12.5 Å². The second kappa shape index (κ2) is 6.12. The second-order valence-corrected chi connectivity index (χ2v) is 4.97. The van der Waals surface area contributed by atoms with Crippen molar-refractivity contribution in [2.45, 2.75) is 26.3 Å². The molecule has 0 bridgehead atoms. The van der Waals surface area contributed by atoms with Gasteiger partial charge in [-0.2, -0.15) is 5.26 Å². The minimum atomic E-state index is 0.203. The number of benzene rings is 2. The molecule has 20 heavy (non-hydrogen) atoms. The van der Waals surface area contributed by atoms with Crippen LogP contribution in [0.3, 0.4) is 0 Å². The van der Waals surface area contributed by atoms with Gasteiger partial charge in [-0.15, -0.1) is 0 Å². The van der Waals surface area contributed by atoms with Gasteiger partial charge in [0.25, 0.3) is 0 Å². The van der Waals surface area contributed by atoms with E-state index in [9.17, 15) is 0 Å². The fourth-order valence-electron chi connectivity index (χ4n) is 2.33. The van der Waals surface area contributed by atoms with Crippen LogP contribution in [0.1, 0.15) is 29.7 Å². The number of hydrogen-bond donors (Lipinski definition) is 2. The van der Waals surface area contributed by atoms with Crippen LogP contribution < -0.4 is 11.1 Å². The van der Waals surface area contributed by atoms with Gasteiger partial charge in [-0.3, -0.25) is 0 Å². The van der Waals surface area contributed by atoms with E-state index in [-0.39, 0.29) is 6.04 Å². The van der Waals surface area contributed by atoms with Gasteiger partial charge in [0.2, 0.25) is 0 Å². The van der Waals surface area contributed by atoms with Crippen LogP contribution in [-0.2, 0) is 6.42 Å². The first-order valence-corrected chi connectivity index (χ1v) is 6.69. The second-order valence-electron chi connectivity index (χ2n) is 4.97. The van der Waals surface area contributed by atoms with Crippen molar-refractivity contribution in [3.8, 4) is 6.07 Å². The lowest BCUT2D eigenvalue weighted by Crippen LogP contribution is -2.08. The van der Waals surface area contributed by atoms with Gasteiger partial charge in [-0.25, -0.2) is 0 Å². The molecule has 0 heterocycles. The average molecular weight is 265 g/mol. The van der Waals surface area contributed by atoms with Gasteiger partial charge in [0.1, 0.15) is 0 Å². The Morgan fingerprint density at radius 3 is 2.70 bits per heavy atom. The largest absolute Gasteiger partial charge is 0.398 e. The maximum atomic E-state index is 8.81. The highest BCUT2D eigenvalue weighted by molar-refractivity contribution is 5.58. The number of nitrogen functional groups attached to an aromatic ring is 1. The Kier molecular flexibility index (Phi) is 4.27. The van der Waals surface area contributed by atoms with Crippen LogP contribution in [0.4, 0.5) is 11.4 Å². The normalized spacial score (nSPS) is 11.7. The molecule has 0 aliphatic rings. The molecule has 0 fully saturated rings. The number of hydrogen-bond acceptors (Lipinski definition) is 3. The average Bonchev–Trinajstić information content (AvgIpc) is 2.43. The van der Waals surface area contributed by atoms with E-state index in [0.717, 1.165) is 11.3 Å². The number of nitrogens with zero attached hydrogens (tertiary/aromatic N) is 1. The molecule has 0 saturated heterocycles. The Morgan fingerprint density at radius 1 is 1.25 bits per heavy atom. The van der Waals surface area contributed by atoms with Crippen LogP contribution in [0.15, 0.2) is 42.5 Å². The number of rotatable bonds is 4. The quantitative estimate of drug-likeness (QED) is 0.826. The van der Waals surface area contributed by atoms with E-state index in [1.165, 1.54) is 11.1 Å². The molecule has 2 aromatic rings. The maximum absolute atomic E-state index is 8.81. The highest BCUT2D eigenvalue weighted by Gasteiger charge is 2.08. The third-order valence-electron chi connectivity index (χ3n) is 3.45. The summed E-state index contributed by atoms with van der Waals surface area (Å²) >= 11 is 0. The molecule has 3 heteroatoms. The molecule has 0 amide bonds. The number of anilines is 2. The molecule has 102 valence electrons. The molecule has 0 aliphatic heterocycles. The predicted molar refractivity (Wildman–Crippen MR) is 83.4 cm³/mol. The molecule has 0 spiro atoms. The third-order valence-corrected chi connectivity index (χ3v) is 3.45. The molecular formula is C17H19N3. The summed E-state index contributed by atoms with van der Waals surface area (Å²) in [6.07, 6.45) is 0.333. The van der Waals surface area contributed by atoms with Crippen molar-refractivity contribution >= 4 is 11.4 Å². The first kappa shape index (κ1) is 14.0. The summed E-state index contributed by atoms with van der Waals surface area (Å²) in [5, 5.41) is 12.3. The number of nitrogens with one attached hydrogen (secondary N) is 1. The zero-order valence-corrected chi connectivity index (χ0v) is 11.9. The molecule has 0 aromatic heterocycles. The molecule has 0 aliphatic carbocycles. The van der Waals surface area contributed by atoms with Crippen molar-refractivity contribution < 1.29 is 0 Å². The van der Waals surface area contributed by atoms with E-state index in [0.29, 0.717) is 12.1 Å². The number of nitrogens with two attached hydrogens (primary N) is 1. The summed E-state index contributed by atoms with van der Waals surface area (Å²) in [5.41, 5.74) is 10.9. The highest BCUT2D eigenvalue weighted by atomic mass is 14.9. The summed E-state index contributed by atoms with van der Waals surface area (Å²) in [6, 6.07) is 16.4. The standard InChI is InChI=1S/C17H19N3/c1-12-5-3-4-6-16(12)13(2)20-15-7-8-17(19)14(11-15)9-10-18/h3-8,11,13,20H,9,19H2,1-2H3. The van der Waals surface area contributed by atoms with Crippen molar-refractivity contribution in [1.82, 2.24) is 0 Å². The molecule has 2 aromatic carbocycles. The molecule has 1 unspecified atom stereocenters. The maximum Gasteiger partial charge on any atom is 0.0670 e. The Hall–Kier alpha value is -2.47. The minimum absolute atomic E-state index is 0.203. The van der Waals surface area contributed by atoms with E-state index in [1.807, 2.05) is 30.3 Å². The summed E-state index contributed by atoms with van der Waals surface area (Å²) in [5.74, 6) is 0. The van der Waals surface area contributed by atoms with Gasteiger partial charge >= 0.3 is 0 Å². The van der Waals surface area contributed by atoms with Crippen LogP contribution in [0.5, 0.6) is 0 Å². The summed E-state index contributed by atoms with van der Waals surface area (Å²) < 4.78 is 0. The molecule has 2 rings (SSSR count). The molecule has 3 N–H and O–H groups in total. The topological polar surface area (TPSA) is 61.8 Å². The van der Waals surface area contributed by atoms with Crippen LogP contribution in [-0.4, -0.2) is 0 Å². The van der Waals surface area contributed by atoms with Gasteiger partial charge in [-0.05, 0) is 48.7 Å². The summed E-state index contributed by atoms with van der Waals surface area (Å²) in [7, 11) is 0. The monoisotopic (exact) mass is 265 g/mol. The van der Waals surface area contributed by atoms with Crippen LogP contribution in [0.25, 0.3) is 0 Å². The van der Waals surface area contributed by atoms with E-state index < -0.39 is 0 Å². The SMILES string of the molecule is Cc1ccccc1C(C)Nc1ccc(N)c(CC#N)c1. The van der Waals surface area contributed by atoms with E-state index in [2.05, 4.69) is 37.4 Å². The van der Waals surface area contributed by atoms with Crippen molar-refractivity contribution in [2.75, 3.05) is 11.1 Å². The number of nitriles is 1. The Labute approximate surface area is 120 Å². The smallest absolute Gasteiger partial charge is 0.0670 e. The lowest BCUT2D eigenvalue weighted by molar-refractivity contribution is 0.874. The Balaban J connectivity index is 2.20. The van der Waals surface area contributed by atoms with Crippen LogP contribution >= 0.6 is 0 Å². The van der Waals surface area contributed by atoms with E-state index >= 15 is 0 Å². The van der Waals surface area contributed by atoms with Crippen molar-refractivity contribution in [1.29, 1.82) is 5.26 Å². The third kappa shape index (κ3) is 3.10. The van der Waals surface area contributed by atoms with Gasteiger partial charge in [0.15, 0.2) is 0 Å². The fraction of sp³-hybridized carbons (Fsp3) is 0.235.